The van der Waals surface area contributed by atoms with Crippen molar-refractivity contribution >= 4 is 0 Å². The maximum Gasteiger partial charge on any atom is 0.0996 e. The summed E-state index contributed by atoms with van der Waals surface area (Å²) in [6.07, 6.45) is 1.50. The lowest BCUT2D eigenvalue weighted by Crippen LogP contribution is -2.23. The van der Waals surface area contributed by atoms with Gasteiger partial charge >= 0.3 is 0 Å². The molecule has 3 heteroatoms. The number of likely N-dealkylation sites (N-methyl/N-ethyl adjacent to an activating group) is 1. The second-order valence-electron chi connectivity index (χ2n) is 2.15. The molecule has 0 fully saturated rings. The normalized spacial score (nSPS) is 13.8. The van der Waals surface area contributed by atoms with Crippen LogP contribution < -0.4 is 5.32 Å². The third-order valence-corrected chi connectivity index (χ3v) is 1.41. The van der Waals surface area contributed by atoms with Crippen LogP contribution in [0.25, 0.3) is 0 Å². The number of hydrogen-bond acceptors (Lipinski definition) is 3. The fourth-order valence-corrected chi connectivity index (χ4v) is 0.554. The molecule has 0 unspecified atom stereocenters. The Morgan fingerprint density at radius 2 is 2.45 bits per heavy atom. The van der Waals surface area contributed by atoms with Crippen molar-refractivity contribution in [3.63, 3.8) is 0 Å². The van der Waals surface area contributed by atoms with Crippen molar-refractivity contribution in [2.24, 2.45) is 0 Å². The third-order valence-electron chi connectivity index (χ3n) is 1.41. The highest BCUT2D eigenvalue weighted by Gasteiger charge is 2.04. The molecule has 62 valence electrons. The summed E-state index contributed by atoms with van der Waals surface area (Å²) in [5.41, 5.74) is 0.620. The summed E-state index contributed by atoms with van der Waals surface area (Å²) in [6.45, 7) is 4.39. The standard InChI is InChI=1S/C8H14N2O/c1-4-11-6-8(5-9)7(2)10-3/h6-7,10H,4H2,1-3H3/b8-6-/t7-/m0/s1. The van der Waals surface area contributed by atoms with E-state index in [1.807, 2.05) is 20.9 Å². The molecule has 0 saturated heterocycles. The van der Waals surface area contributed by atoms with E-state index in [1.165, 1.54) is 6.26 Å². The largest absolute Gasteiger partial charge is 0.500 e. The molecular weight excluding hydrogens is 140 g/mol. The van der Waals surface area contributed by atoms with E-state index in [1.54, 1.807) is 0 Å². The van der Waals surface area contributed by atoms with Crippen molar-refractivity contribution < 1.29 is 4.74 Å². The van der Waals surface area contributed by atoms with E-state index in [9.17, 15) is 0 Å². The highest BCUT2D eigenvalue weighted by molar-refractivity contribution is 5.23. The maximum atomic E-state index is 8.62. The molecule has 1 N–H and O–H groups in total. The van der Waals surface area contributed by atoms with Crippen molar-refractivity contribution in [3.05, 3.63) is 11.8 Å². The minimum Gasteiger partial charge on any atom is -0.500 e. The molecule has 0 spiro atoms. The fraction of sp³-hybridized carbons (Fsp3) is 0.625. The van der Waals surface area contributed by atoms with Gasteiger partial charge in [-0.1, -0.05) is 0 Å². The van der Waals surface area contributed by atoms with E-state index in [-0.39, 0.29) is 6.04 Å². The molecule has 0 saturated carbocycles. The van der Waals surface area contributed by atoms with Crippen LogP contribution in [-0.4, -0.2) is 19.7 Å². The quantitative estimate of drug-likeness (QED) is 0.486. The Hall–Kier alpha value is -1.01. The smallest absolute Gasteiger partial charge is 0.0996 e. The van der Waals surface area contributed by atoms with Gasteiger partial charge in [0.1, 0.15) is 0 Å². The average molecular weight is 154 g/mol. The highest BCUT2D eigenvalue weighted by Crippen LogP contribution is 1.99. The molecule has 0 aliphatic rings. The van der Waals surface area contributed by atoms with Crippen LogP contribution in [0.5, 0.6) is 0 Å². The molecule has 0 amide bonds. The molecule has 0 radical (unpaired) electrons. The van der Waals surface area contributed by atoms with Crippen molar-refractivity contribution in [2.75, 3.05) is 13.7 Å². The van der Waals surface area contributed by atoms with Gasteiger partial charge in [0.05, 0.1) is 24.5 Å². The molecule has 0 heterocycles. The molecule has 11 heavy (non-hydrogen) atoms. The Kier molecular flexibility index (Phi) is 5.22. The number of rotatable bonds is 4. The Morgan fingerprint density at radius 1 is 1.82 bits per heavy atom. The minimum atomic E-state index is 0.0616. The van der Waals surface area contributed by atoms with Gasteiger partial charge in [0.25, 0.3) is 0 Å². The average Bonchev–Trinajstić information content (AvgIpc) is 2.05. The first-order valence-corrected chi connectivity index (χ1v) is 3.65. The van der Waals surface area contributed by atoms with Crippen LogP contribution >= 0.6 is 0 Å². The summed E-state index contributed by atoms with van der Waals surface area (Å²) in [5, 5.41) is 11.6. The van der Waals surface area contributed by atoms with Crippen molar-refractivity contribution in [1.29, 1.82) is 5.26 Å². The Bertz CT molecular complexity index is 169. The molecule has 3 nitrogen and oxygen atoms in total. The lowest BCUT2D eigenvalue weighted by Gasteiger charge is -2.07. The maximum absolute atomic E-state index is 8.62. The van der Waals surface area contributed by atoms with E-state index in [2.05, 4.69) is 11.4 Å². The summed E-state index contributed by atoms with van der Waals surface area (Å²) in [4.78, 5) is 0. The molecular formula is C8H14N2O. The predicted octanol–water partition coefficient (Wildman–Crippen LogP) is 1.04. The van der Waals surface area contributed by atoms with E-state index >= 15 is 0 Å². The molecule has 0 aliphatic heterocycles. The monoisotopic (exact) mass is 154 g/mol. The van der Waals surface area contributed by atoms with E-state index in [0.29, 0.717) is 12.2 Å². The predicted molar refractivity (Wildman–Crippen MR) is 43.8 cm³/mol. The molecule has 0 aromatic carbocycles. The van der Waals surface area contributed by atoms with Gasteiger partial charge < -0.3 is 10.1 Å². The number of ether oxygens (including phenoxy) is 1. The second kappa shape index (κ2) is 5.75. The van der Waals surface area contributed by atoms with Gasteiger partial charge in [-0.25, -0.2) is 0 Å². The third kappa shape index (κ3) is 3.64. The first kappa shape index (κ1) is 9.99. The van der Waals surface area contributed by atoms with Crippen LogP contribution in [0.2, 0.25) is 0 Å². The van der Waals surface area contributed by atoms with Crippen LogP contribution in [0.3, 0.4) is 0 Å². The topological polar surface area (TPSA) is 45.0 Å². The molecule has 0 aromatic rings. The highest BCUT2D eigenvalue weighted by atomic mass is 16.5. The van der Waals surface area contributed by atoms with Crippen molar-refractivity contribution in [1.82, 2.24) is 5.32 Å². The van der Waals surface area contributed by atoms with Gasteiger partial charge in [-0.05, 0) is 20.9 Å². The fourth-order valence-electron chi connectivity index (χ4n) is 0.554. The lowest BCUT2D eigenvalue weighted by atomic mass is 10.2. The first-order chi connectivity index (χ1) is 5.26. The molecule has 0 aliphatic carbocycles. The zero-order valence-electron chi connectivity index (χ0n) is 7.22. The summed E-state index contributed by atoms with van der Waals surface area (Å²) in [5.74, 6) is 0. The Balaban J connectivity index is 4.06. The summed E-state index contributed by atoms with van der Waals surface area (Å²) in [7, 11) is 1.81. The number of hydrogen-bond donors (Lipinski definition) is 1. The van der Waals surface area contributed by atoms with Gasteiger partial charge in [-0.2, -0.15) is 5.26 Å². The van der Waals surface area contributed by atoms with E-state index in [0.717, 1.165) is 0 Å². The number of nitrogens with zero attached hydrogens (tertiary/aromatic N) is 1. The summed E-state index contributed by atoms with van der Waals surface area (Å²) in [6, 6.07) is 2.12. The van der Waals surface area contributed by atoms with Gasteiger partial charge in [0.15, 0.2) is 0 Å². The Labute approximate surface area is 67.7 Å². The summed E-state index contributed by atoms with van der Waals surface area (Å²) >= 11 is 0. The molecule has 0 bridgehead atoms. The van der Waals surface area contributed by atoms with E-state index in [4.69, 9.17) is 10.00 Å². The van der Waals surface area contributed by atoms with Gasteiger partial charge in [-0.3, -0.25) is 0 Å². The van der Waals surface area contributed by atoms with Gasteiger partial charge in [0, 0.05) is 6.04 Å². The molecule has 0 aromatic heterocycles. The number of nitriles is 1. The van der Waals surface area contributed by atoms with Crippen LogP contribution in [0.1, 0.15) is 13.8 Å². The summed E-state index contributed by atoms with van der Waals surface area (Å²) < 4.78 is 4.98. The first-order valence-electron chi connectivity index (χ1n) is 3.65. The van der Waals surface area contributed by atoms with Gasteiger partial charge in [-0.15, -0.1) is 0 Å². The Morgan fingerprint density at radius 3 is 2.82 bits per heavy atom. The lowest BCUT2D eigenvalue weighted by molar-refractivity contribution is 0.265. The van der Waals surface area contributed by atoms with Crippen molar-refractivity contribution in [3.8, 4) is 6.07 Å². The SMILES string of the molecule is CCO/C=C(/C#N)[C@H](C)NC. The van der Waals surface area contributed by atoms with Crippen LogP contribution in [0, 0.1) is 11.3 Å². The van der Waals surface area contributed by atoms with Gasteiger partial charge in [0.2, 0.25) is 0 Å². The van der Waals surface area contributed by atoms with Crippen LogP contribution in [-0.2, 0) is 4.74 Å². The van der Waals surface area contributed by atoms with Crippen LogP contribution in [0.4, 0.5) is 0 Å². The second-order valence-corrected chi connectivity index (χ2v) is 2.15. The molecule has 1 atom stereocenters. The minimum absolute atomic E-state index is 0.0616. The zero-order chi connectivity index (χ0) is 8.69. The van der Waals surface area contributed by atoms with Crippen LogP contribution in [0.15, 0.2) is 11.8 Å². The van der Waals surface area contributed by atoms with E-state index < -0.39 is 0 Å². The van der Waals surface area contributed by atoms with Crippen molar-refractivity contribution in [2.45, 2.75) is 19.9 Å². The molecule has 0 rings (SSSR count). The zero-order valence-corrected chi connectivity index (χ0v) is 7.22. The number of nitrogens with one attached hydrogen (secondary N) is 1.